The summed E-state index contributed by atoms with van der Waals surface area (Å²) in [6.45, 7) is 0.595. The van der Waals surface area contributed by atoms with Gasteiger partial charge in [-0.1, -0.05) is 12.1 Å². The van der Waals surface area contributed by atoms with Gasteiger partial charge in [0.1, 0.15) is 22.9 Å². The number of nitrogens with zero attached hydrogens (tertiary/aromatic N) is 2. The molecule has 0 radical (unpaired) electrons. The van der Waals surface area contributed by atoms with Crippen LogP contribution < -0.4 is 5.69 Å². The van der Waals surface area contributed by atoms with Gasteiger partial charge in [-0.05, 0) is 25.0 Å². The molecular weight excluding hydrogens is 356 g/mol. The molecule has 1 aromatic heterocycles. The third-order valence-corrected chi connectivity index (χ3v) is 4.99. The fourth-order valence-corrected chi connectivity index (χ4v) is 3.69. The largest absolute Gasteiger partial charge is 0.507 e. The summed E-state index contributed by atoms with van der Waals surface area (Å²) in [7, 11) is 0. The number of benzene rings is 2. The number of piperidine rings is 1. The Balaban J connectivity index is 1.55. The number of rotatable bonds is 2. The van der Waals surface area contributed by atoms with Crippen LogP contribution in [0.4, 0.5) is 8.78 Å². The van der Waals surface area contributed by atoms with Crippen LogP contribution in [0.25, 0.3) is 11.0 Å². The third kappa shape index (κ3) is 2.97. The number of phenolic OH excluding ortho intramolecular Hbond substituents is 1. The first-order chi connectivity index (χ1) is 13.0. The zero-order valence-electron chi connectivity index (χ0n) is 14.3. The van der Waals surface area contributed by atoms with Crippen molar-refractivity contribution in [3.05, 3.63) is 64.1 Å². The maximum absolute atomic E-state index is 13.9. The van der Waals surface area contributed by atoms with Crippen LogP contribution in [0.15, 0.2) is 41.2 Å². The van der Waals surface area contributed by atoms with E-state index in [2.05, 4.69) is 4.98 Å². The number of carbonyl (C=O) groups excluding carboxylic acids is 1. The number of carbonyl (C=O) groups is 1. The Kier molecular flexibility index (Phi) is 4.18. The molecule has 0 aliphatic carbocycles. The van der Waals surface area contributed by atoms with Crippen LogP contribution in [0.1, 0.15) is 29.2 Å². The summed E-state index contributed by atoms with van der Waals surface area (Å²) in [6.07, 6.45) is 1.02. The van der Waals surface area contributed by atoms with E-state index in [-0.39, 0.29) is 11.7 Å². The third-order valence-electron chi connectivity index (χ3n) is 4.99. The van der Waals surface area contributed by atoms with Gasteiger partial charge in [0.25, 0.3) is 5.91 Å². The van der Waals surface area contributed by atoms with Crippen molar-refractivity contribution >= 4 is 16.9 Å². The smallest absolute Gasteiger partial charge is 0.326 e. The van der Waals surface area contributed by atoms with Gasteiger partial charge in [-0.15, -0.1) is 0 Å². The van der Waals surface area contributed by atoms with E-state index in [1.807, 2.05) is 24.3 Å². The Morgan fingerprint density at radius 1 is 1.15 bits per heavy atom. The first-order valence-electron chi connectivity index (χ1n) is 8.62. The van der Waals surface area contributed by atoms with Crippen LogP contribution in [-0.2, 0) is 0 Å². The van der Waals surface area contributed by atoms with E-state index in [9.17, 15) is 23.5 Å². The van der Waals surface area contributed by atoms with Crippen molar-refractivity contribution in [1.29, 1.82) is 0 Å². The molecule has 0 saturated carbocycles. The van der Waals surface area contributed by atoms with Gasteiger partial charge >= 0.3 is 5.69 Å². The van der Waals surface area contributed by atoms with Gasteiger partial charge in [-0.3, -0.25) is 9.36 Å². The van der Waals surface area contributed by atoms with E-state index in [4.69, 9.17) is 0 Å². The highest BCUT2D eigenvalue weighted by molar-refractivity contribution is 5.97. The zero-order chi connectivity index (χ0) is 19.1. The van der Waals surface area contributed by atoms with E-state index in [1.54, 1.807) is 4.57 Å². The van der Waals surface area contributed by atoms with E-state index < -0.39 is 28.9 Å². The van der Waals surface area contributed by atoms with Gasteiger partial charge < -0.3 is 15.0 Å². The molecule has 140 valence electrons. The number of aromatic hydroxyl groups is 1. The van der Waals surface area contributed by atoms with Crippen LogP contribution in [0.5, 0.6) is 5.75 Å². The standard InChI is InChI=1S/C19H17F2N3O3/c20-11-9-13(21)17(16(25)10-11)18(26)23-7-5-12(6-8-23)24-15-4-2-1-3-14(15)22-19(24)27/h1-4,9-10,12,25H,5-8H2,(H,22,27). The number of para-hydroxylation sites is 2. The van der Waals surface area contributed by atoms with Gasteiger partial charge in [-0.2, -0.15) is 0 Å². The Morgan fingerprint density at radius 2 is 1.85 bits per heavy atom. The quantitative estimate of drug-likeness (QED) is 0.725. The molecule has 2 aromatic carbocycles. The lowest BCUT2D eigenvalue weighted by atomic mass is 10.0. The second kappa shape index (κ2) is 6.53. The van der Waals surface area contributed by atoms with Crippen molar-refractivity contribution in [2.24, 2.45) is 0 Å². The van der Waals surface area contributed by atoms with Gasteiger partial charge in [0, 0.05) is 31.3 Å². The minimum Gasteiger partial charge on any atom is -0.507 e. The number of amides is 1. The molecule has 8 heteroatoms. The van der Waals surface area contributed by atoms with E-state index in [0.29, 0.717) is 38.1 Å². The number of hydrogen-bond acceptors (Lipinski definition) is 3. The predicted octanol–water partition coefficient (Wildman–Crippen LogP) is 2.79. The van der Waals surface area contributed by atoms with E-state index in [1.165, 1.54) is 4.90 Å². The van der Waals surface area contributed by atoms with Crippen molar-refractivity contribution in [1.82, 2.24) is 14.5 Å². The number of halogens is 2. The molecule has 0 bridgehead atoms. The number of imidazole rings is 1. The molecule has 0 atom stereocenters. The Labute approximate surface area is 152 Å². The number of phenols is 1. The van der Waals surface area contributed by atoms with Crippen LogP contribution in [0.3, 0.4) is 0 Å². The van der Waals surface area contributed by atoms with Crippen molar-refractivity contribution in [3.63, 3.8) is 0 Å². The Bertz CT molecular complexity index is 1060. The first kappa shape index (κ1) is 17.3. The molecule has 1 amide bonds. The molecule has 2 heterocycles. The van der Waals surface area contributed by atoms with Crippen LogP contribution >= 0.6 is 0 Å². The average molecular weight is 373 g/mol. The number of aromatic nitrogens is 2. The Morgan fingerprint density at radius 3 is 2.56 bits per heavy atom. The van der Waals surface area contributed by atoms with Crippen LogP contribution in [-0.4, -0.2) is 38.6 Å². The van der Waals surface area contributed by atoms with Gasteiger partial charge in [0.2, 0.25) is 0 Å². The van der Waals surface area contributed by atoms with Gasteiger partial charge in [-0.25, -0.2) is 13.6 Å². The molecule has 1 fully saturated rings. The molecule has 6 nitrogen and oxygen atoms in total. The summed E-state index contributed by atoms with van der Waals surface area (Å²) in [5.41, 5.74) is 0.816. The first-order valence-corrected chi connectivity index (χ1v) is 8.62. The summed E-state index contributed by atoms with van der Waals surface area (Å²) in [5, 5.41) is 9.75. The summed E-state index contributed by atoms with van der Waals surface area (Å²) >= 11 is 0. The maximum Gasteiger partial charge on any atom is 0.326 e. The van der Waals surface area contributed by atoms with Crippen molar-refractivity contribution < 1.29 is 18.7 Å². The molecule has 1 aliphatic heterocycles. The molecule has 27 heavy (non-hydrogen) atoms. The second-order valence-corrected chi connectivity index (χ2v) is 6.62. The molecule has 2 N–H and O–H groups in total. The zero-order valence-corrected chi connectivity index (χ0v) is 14.3. The summed E-state index contributed by atoms with van der Waals surface area (Å²) < 4.78 is 28.8. The fourth-order valence-electron chi connectivity index (χ4n) is 3.69. The number of fused-ring (bicyclic) bond motifs is 1. The minimum atomic E-state index is -1.09. The molecule has 0 unspecified atom stereocenters. The molecule has 4 rings (SSSR count). The lowest BCUT2D eigenvalue weighted by Crippen LogP contribution is -2.40. The van der Waals surface area contributed by atoms with Crippen LogP contribution in [0.2, 0.25) is 0 Å². The van der Waals surface area contributed by atoms with Gasteiger partial charge in [0.05, 0.1) is 11.0 Å². The molecular formula is C19H17F2N3O3. The highest BCUT2D eigenvalue weighted by Crippen LogP contribution is 2.28. The van der Waals surface area contributed by atoms with Crippen molar-refractivity contribution in [2.45, 2.75) is 18.9 Å². The fraction of sp³-hybridized carbons (Fsp3) is 0.263. The minimum absolute atomic E-state index is 0.0932. The average Bonchev–Trinajstić information content (AvgIpc) is 2.96. The lowest BCUT2D eigenvalue weighted by Gasteiger charge is -2.32. The SMILES string of the molecule is O=C(c1c(O)cc(F)cc1F)N1CCC(n2c(=O)[nH]c3ccccc32)CC1. The maximum atomic E-state index is 13.9. The second-order valence-electron chi connectivity index (χ2n) is 6.62. The molecule has 3 aromatic rings. The number of H-pyrrole nitrogens is 1. The highest BCUT2D eigenvalue weighted by Gasteiger charge is 2.29. The van der Waals surface area contributed by atoms with E-state index in [0.717, 1.165) is 11.0 Å². The van der Waals surface area contributed by atoms with Gasteiger partial charge in [0.15, 0.2) is 0 Å². The monoisotopic (exact) mass is 373 g/mol. The predicted molar refractivity (Wildman–Crippen MR) is 94.8 cm³/mol. The molecule has 0 spiro atoms. The Hall–Kier alpha value is -3.16. The number of nitrogens with one attached hydrogen (secondary N) is 1. The summed E-state index contributed by atoms with van der Waals surface area (Å²) in [6, 6.07) is 8.57. The summed E-state index contributed by atoms with van der Waals surface area (Å²) in [5.74, 6) is -3.44. The number of likely N-dealkylation sites (tertiary alicyclic amines) is 1. The molecule has 1 saturated heterocycles. The van der Waals surface area contributed by atoms with Crippen LogP contribution in [0, 0.1) is 11.6 Å². The van der Waals surface area contributed by atoms with Crippen molar-refractivity contribution in [2.75, 3.05) is 13.1 Å². The lowest BCUT2D eigenvalue weighted by molar-refractivity contribution is 0.0687. The number of hydrogen-bond donors (Lipinski definition) is 2. The molecule has 1 aliphatic rings. The highest BCUT2D eigenvalue weighted by atomic mass is 19.1. The summed E-state index contributed by atoms with van der Waals surface area (Å²) in [4.78, 5) is 29.1. The van der Waals surface area contributed by atoms with Crippen molar-refractivity contribution in [3.8, 4) is 5.75 Å². The van der Waals surface area contributed by atoms with E-state index >= 15 is 0 Å². The topological polar surface area (TPSA) is 78.3 Å². The number of aromatic amines is 1. The normalized spacial score (nSPS) is 15.4.